The molecule has 0 aliphatic rings. The minimum absolute atomic E-state index is 0.0222. The van der Waals surface area contributed by atoms with E-state index in [1.54, 1.807) is 6.92 Å². The number of hydrogen-bond acceptors (Lipinski definition) is 6. The Balaban J connectivity index is 3.99. The number of hydrogen-bond donors (Lipinski definition) is 0. The standard InChI is InChI=1S/C10H11N3O6/c1-4-7-5(2)8(11(14)15)6(3)9(12(16)17)10(7)13(18)19/h4H2,1-3H3. The molecule has 0 atom stereocenters. The number of benzene rings is 1. The van der Waals surface area contributed by atoms with Gasteiger partial charge >= 0.3 is 11.4 Å². The lowest BCUT2D eigenvalue weighted by Crippen LogP contribution is -2.08. The van der Waals surface area contributed by atoms with E-state index in [-0.39, 0.29) is 23.1 Å². The maximum atomic E-state index is 11.0. The number of nitrogens with zero attached hydrogens (tertiary/aromatic N) is 3. The minimum Gasteiger partial charge on any atom is -0.258 e. The average molecular weight is 269 g/mol. The van der Waals surface area contributed by atoms with Crippen molar-refractivity contribution in [2.45, 2.75) is 27.2 Å². The Hall–Kier alpha value is -2.58. The van der Waals surface area contributed by atoms with Crippen LogP contribution in [0.2, 0.25) is 0 Å². The third kappa shape index (κ3) is 2.21. The Morgan fingerprint density at radius 3 is 1.53 bits per heavy atom. The van der Waals surface area contributed by atoms with Gasteiger partial charge < -0.3 is 0 Å². The Bertz CT molecular complexity index is 596. The fourth-order valence-electron chi connectivity index (χ4n) is 2.16. The second-order valence-electron chi connectivity index (χ2n) is 3.90. The zero-order chi connectivity index (χ0) is 14.9. The molecule has 1 aromatic carbocycles. The molecule has 0 bridgehead atoms. The number of rotatable bonds is 4. The average Bonchev–Trinajstić information content (AvgIpc) is 2.26. The van der Waals surface area contributed by atoms with Crippen molar-refractivity contribution in [1.82, 2.24) is 0 Å². The molecular weight excluding hydrogens is 258 g/mol. The highest BCUT2D eigenvalue weighted by atomic mass is 16.6. The van der Waals surface area contributed by atoms with Crippen LogP contribution < -0.4 is 0 Å². The van der Waals surface area contributed by atoms with Gasteiger partial charge in [0.2, 0.25) is 0 Å². The summed E-state index contributed by atoms with van der Waals surface area (Å²) in [6.45, 7) is 4.06. The van der Waals surface area contributed by atoms with Crippen LogP contribution in [-0.2, 0) is 6.42 Å². The summed E-state index contributed by atoms with van der Waals surface area (Å²) in [4.78, 5) is 30.4. The molecule has 0 aliphatic heterocycles. The second-order valence-corrected chi connectivity index (χ2v) is 3.90. The van der Waals surface area contributed by atoms with Crippen molar-refractivity contribution >= 4 is 17.1 Å². The van der Waals surface area contributed by atoms with Gasteiger partial charge in [0.05, 0.1) is 14.8 Å². The van der Waals surface area contributed by atoms with E-state index >= 15 is 0 Å². The van der Waals surface area contributed by atoms with Gasteiger partial charge in [0, 0.05) is 11.1 Å². The monoisotopic (exact) mass is 269 g/mol. The minimum atomic E-state index is -0.945. The van der Waals surface area contributed by atoms with Gasteiger partial charge in [0.25, 0.3) is 5.69 Å². The molecule has 0 saturated carbocycles. The lowest BCUT2D eigenvalue weighted by molar-refractivity contribution is -0.425. The van der Waals surface area contributed by atoms with Crippen LogP contribution in [0.25, 0.3) is 0 Å². The molecule has 1 aromatic rings. The van der Waals surface area contributed by atoms with E-state index in [0.717, 1.165) is 6.92 Å². The summed E-state index contributed by atoms with van der Waals surface area (Å²) in [5, 5.41) is 33.0. The van der Waals surface area contributed by atoms with Crippen LogP contribution in [-0.4, -0.2) is 14.8 Å². The van der Waals surface area contributed by atoms with Crippen molar-refractivity contribution in [2.75, 3.05) is 0 Å². The predicted octanol–water partition coefficient (Wildman–Crippen LogP) is 2.59. The molecule has 9 nitrogen and oxygen atoms in total. The van der Waals surface area contributed by atoms with Crippen LogP contribution in [0.15, 0.2) is 0 Å². The van der Waals surface area contributed by atoms with E-state index in [1.807, 2.05) is 0 Å². The molecule has 0 aliphatic carbocycles. The van der Waals surface area contributed by atoms with Crippen LogP contribution in [0.1, 0.15) is 23.6 Å². The van der Waals surface area contributed by atoms with Gasteiger partial charge in [-0.15, -0.1) is 0 Å². The molecule has 0 N–H and O–H groups in total. The Kier molecular flexibility index (Phi) is 3.78. The third-order valence-electron chi connectivity index (χ3n) is 2.93. The SMILES string of the molecule is CCc1c(C)c([N+](=O)[O-])c(C)c([N+](=O)[O-])c1[N+](=O)[O-]. The van der Waals surface area contributed by atoms with Gasteiger partial charge in [-0.2, -0.15) is 0 Å². The smallest absolute Gasteiger partial charge is 0.258 e. The summed E-state index contributed by atoms with van der Waals surface area (Å²) in [5.74, 6) is 0. The highest BCUT2D eigenvalue weighted by Gasteiger charge is 2.38. The van der Waals surface area contributed by atoms with Gasteiger partial charge in [-0.25, -0.2) is 0 Å². The molecule has 19 heavy (non-hydrogen) atoms. The highest BCUT2D eigenvalue weighted by molar-refractivity contribution is 5.72. The van der Waals surface area contributed by atoms with Gasteiger partial charge in [-0.05, 0) is 20.3 Å². The summed E-state index contributed by atoms with van der Waals surface area (Å²) < 4.78 is 0. The van der Waals surface area contributed by atoms with Gasteiger partial charge in [-0.3, -0.25) is 30.3 Å². The molecule has 1 rings (SSSR count). The Labute approximate surface area is 107 Å². The summed E-state index contributed by atoms with van der Waals surface area (Å²) in [6, 6.07) is 0. The van der Waals surface area contributed by atoms with E-state index in [1.165, 1.54) is 6.92 Å². The Morgan fingerprint density at radius 2 is 1.21 bits per heavy atom. The summed E-state index contributed by atoms with van der Waals surface area (Å²) >= 11 is 0. The van der Waals surface area contributed by atoms with E-state index in [0.29, 0.717) is 0 Å². The summed E-state index contributed by atoms with van der Waals surface area (Å²) in [7, 11) is 0. The van der Waals surface area contributed by atoms with Crippen molar-refractivity contribution in [3.05, 3.63) is 47.0 Å². The van der Waals surface area contributed by atoms with Crippen molar-refractivity contribution in [3.63, 3.8) is 0 Å². The fraction of sp³-hybridized carbons (Fsp3) is 0.400. The molecular formula is C10H11N3O6. The molecule has 0 aromatic heterocycles. The van der Waals surface area contributed by atoms with Gasteiger partial charge in [-0.1, -0.05) is 6.92 Å². The quantitative estimate of drug-likeness (QED) is 0.609. The molecule has 9 heteroatoms. The first kappa shape index (κ1) is 14.5. The molecule has 0 spiro atoms. The Morgan fingerprint density at radius 1 is 0.789 bits per heavy atom. The normalized spacial score (nSPS) is 10.3. The number of nitro benzene ring substituents is 3. The molecule has 0 radical (unpaired) electrons. The zero-order valence-electron chi connectivity index (χ0n) is 10.5. The third-order valence-corrected chi connectivity index (χ3v) is 2.93. The van der Waals surface area contributed by atoms with Gasteiger partial charge in [0.15, 0.2) is 0 Å². The van der Waals surface area contributed by atoms with E-state index in [2.05, 4.69) is 0 Å². The highest BCUT2D eigenvalue weighted by Crippen LogP contribution is 2.42. The van der Waals surface area contributed by atoms with Crippen LogP contribution in [0.3, 0.4) is 0 Å². The molecule has 0 saturated heterocycles. The molecule has 0 unspecified atom stereocenters. The first-order valence-corrected chi connectivity index (χ1v) is 5.33. The lowest BCUT2D eigenvalue weighted by Gasteiger charge is -2.08. The maximum absolute atomic E-state index is 11.0. The van der Waals surface area contributed by atoms with Crippen molar-refractivity contribution in [2.24, 2.45) is 0 Å². The van der Waals surface area contributed by atoms with Crippen LogP contribution in [0.5, 0.6) is 0 Å². The van der Waals surface area contributed by atoms with Gasteiger partial charge in [0.1, 0.15) is 5.56 Å². The summed E-state index contributed by atoms with van der Waals surface area (Å²) in [5.41, 5.74) is -2.07. The molecule has 0 fully saturated rings. The summed E-state index contributed by atoms with van der Waals surface area (Å²) in [6.07, 6.45) is 0.101. The molecule has 102 valence electrons. The van der Waals surface area contributed by atoms with Crippen LogP contribution in [0.4, 0.5) is 17.1 Å². The number of nitro groups is 3. The van der Waals surface area contributed by atoms with Crippen molar-refractivity contribution < 1.29 is 14.8 Å². The van der Waals surface area contributed by atoms with E-state index in [4.69, 9.17) is 0 Å². The fourth-order valence-corrected chi connectivity index (χ4v) is 2.16. The lowest BCUT2D eigenvalue weighted by atomic mass is 9.96. The first-order valence-electron chi connectivity index (χ1n) is 5.33. The van der Waals surface area contributed by atoms with Crippen LogP contribution >= 0.6 is 0 Å². The molecule has 0 amide bonds. The van der Waals surface area contributed by atoms with Crippen molar-refractivity contribution in [3.8, 4) is 0 Å². The first-order chi connectivity index (χ1) is 8.73. The van der Waals surface area contributed by atoms with Crippen LogP contribution in [0, 0.1) is 44.2 Å². The zero-order valence-corrected chi connectivity index (χ0v) is 10.5. The van der Waals surface area contributed by atoms with E-state index < -0.39 is 31.8 Å². The largest absolute Gasteiger partial charge is 0.356 e. The maximum Gasteiger partial charge on any atom is 0.356 e. The van der Waals surface area contributed by atoms with E-state index in [9.17, 15) is 30.3 Å². The predicted molar refractivity (Wildman–Crippen MR) is 65.3 cm³/mol. The van der Waals surface area contributed by atoms with Crippen molar-refractivity contribution in [1.29, 1.82) is 0 Å². The topological polar surface area (TPSA) is 129 Å². The second kappa shape index (κ2) is 4.96. The molecule has 0 heterocycles.